The summed E-state index contributed by atoms with van der Waals surface area (Å²) in [5, 5.41) is 9.60. The molecule has 0 aliphatic heterocycles. The number of sulfonamides is 1. The molecule has 0 saturated heterocycles. The van der Waals surface area contributed by atoms with Gasteiger partial charge in [0, 0.05) is 31.0 Å². The lowest BCUT2D eigenvalue weighted by atomic mass is 9.75. The van der Waals surface area contributed by atoms with E-state index >= 15 is 0 Å². The zero-order valence-corrected chi connectivity index (χ0v) is 13.1. The molecular weight excluding hydrogens is 288 g/mol. The topological polar surface area (TPSA) is 79.3 Å². The van der Waals surface area contributed by atoms with Crippen LogP contribution in [0.25, 0.3) is 0 Å². The van der Waals surface area contributed by atoms with Crippen molar-refractivity contribution in [3.63, 3.8) is 0 Å². The third kappa shape index (κ3) is 5.05. The summed E-state index contributed by atoms with van der Waals surface area (Å²) >= 11 is 0. The lowest BCUT2D eigenvalue weighted by Gasteiger charge is -2.35. The molecule has 0 spiro atoms. The predicted octanol–water partition coefficient (Wildman–Crippen LogP) is 1.49. The summed E-state index contributed by atoms with van der Waals surface area (Å²) in [5.41, 5.74) is 0.701. The van der Waals surface area contributed by atoms with Gasteiger partial charge in [-0.25, -0.2) is 13.1 Å². The van der Waals surface area contributed by atoms with Gasteiger partial charge in [-0.05, 0) is 37.0 Å². The fourth-order valence-electron chi connectivity index (χ4n) is 2.83. The molecule has 1 heterocycles. The summed E-state index contributed by atoms with van der Waals surface area (Å²) < 4.78 is 26.9. The van der Waals surface area contributed by atoms with E-state index in [1.807, 2.05) is 12.1 Å². The number of aliphatic hydroxyl groups excluding tert-OH is 1. The SMILES string of the molecule is O=S(=O)(CCc1ccncc1)NCC1(CO)CCCCC1. The number of aryl methyl sites for hydroxylation is 1. The molecule has 0 radical (unpaired) electrons. The lowest BCUT2D eigenvalue weighted by Crippen LogP contribution is -2.42. The Morgan fingerprint density at radius 2 is 1.86 bits per heavy atom. The van der Waals surface area contributed by atoms with Crippen LogP contribution in [0.15, 0.2) is 24.5 Å². The van der Waals surface area contributed by atoms with E-state index in [9.17, 15) is 13.5 Å². The van der Waals surface area contributed by atoms with Gasteiger partial charge < -0.3 is 5.11 Å². The van der Waals surface area contributed by atoms with Crippen molar-refractivity contribution in [3.8, 4) is 0 Å². The minimum absolute atomic E-state index is 0.0554. The van der Waals surface area contributed by atoms with Gasteiger partial charge >= 0.3 is 0 Å². The summed E-state index contributed by atoms with van der Waals surface area (Å²) in [5.74, 6) is 0.0680. The highest BCUT2D eigenvalue weighted by molar-refractivity contribution is 7.89. The summed E-state index contributed by atoms with van der Waals surface area (Å²) in [7, 11) is -3.31. The minimum Gasteiger partial charge on any atom is -0.396 e. The van der Waals surface area contributed by atoms with Gasteiger partial charge in [0.15, 0.2) is 0 Å². The van der Waals surface area contributed by atoms with E-state index in [0.29, 0.717) is 13.0 Å². The number of rotatable bonds is 7. The van der Waals surface area contributed by atoms with Crippen LogP contribution in [0.5, 0.6) is 0 Å². The zero-order chi connectivity index (χ0) is 15.2. The van der Waals surface area contributed by atoms with Crippen LogP contribution >= 0.6 is 0 Å². The maximum atomic E-state index is 12.1. The molecule has 1 aliphatic carbocycles. The second kappa shape index (κ2) is 7.33. The van der Waals surface area contributed by atoms with Crippen LogP contribution in [0, 0.1) is 5.41 Å². The molecule has 5 nitrogen and oxygen atoms in total. The first-order chi connectivity index (χ1) is 10.1. The highest BCUT2D eigenvalue weighted by Crippen LogP contribution is 2.35. The molecule has 118 valence electrons. The van der Waals surface area contributed by atoms with Gasteiger partial charge in [0.25, 0.3) is 0 Å². The molecule has 6 heteroatoms. The average molecular weight is 312 g/mol. The molecule has 0 amide bonds. The van der Waals surface area contributed by atoms with Crippen molar-refractivity contribution in [2.45, 2.75) is 38.5 Å². The molecule has 0 atom stereocenters. The fraction of sp³-hybridized carbons (Fsp3) is 0.667. The molecule has 2 rings (SSSR count). The van der Waals surface area contributed by atoms with Crippen LogP contribution in [0.1, 0.15) is 37.7 Å². The van der Waals surface area contributed by atoms with Crippen LogP contribution in [0.4, 0.5) is 0 Å². The summed E-state index contributed by atoms with van der Waals surface area (Å²) in [6, 6.07) is 3.65. The lowest BCUT2D eigenvalue weighted by molar-refractivity contribution is 0.0867. The minimum atomic E-state index is -3.31. The molecule has 1 aromatic heterocycles. The van der Waals surface area contributed by atoms with Crippen molar-refractivity contribution < 1.29 is 13.5 Å². The normalized spacial score (nSPS) is 18.5. The Bertz CT molecular complexity index is 525. The Hall–Kier alpha value is -0.980. The molecule has 1 aliphatic rings. The smallest absolute Gasteiger partial charge is 0.211 e. The number of aromatic nitrogens is 1. The van der Waals surface area contributed by atoms with Gasteiger partial charge in [0.2, 0.25) is 10.0 Å². The first kappa shape index (κ1) is 16.4. The first-order valence-corrected chi connectivity index (χ1v) is 9.18. The molecule has 1 fully saturated rings. The Labute approximate surface area is 126 Å². The number of hydrogen-bond acceptors (Lipinski definition) is 4. The largest absolute Gasteiger partial charge is 0.396 e. The van der Waals surface area contributed by atoms with Gasteiger partial charge in [-0.3, -0.25) is 4.98 Å². The maximum Gasteiger partial charge on any atom is 0.211 e. The van der Waals surface area contributed by atoms with Gasteiger partial charge in [-0.15, -0.1) is 0 Å². The number of aliphatic hydroxyl groups is 1. The van der Waals surface area contributed by atoms with E-state index in [1.165, 1.54) is 6.42 Å². The van der Waals surface area contributed by atoms with E-state index in [0.717, 1.165) is 31.2 Å². The Morgan fingerprint density at radius 1 is 1.19 bits per heavy atom. The number of hydrogen-bond donors (Lipinski definition) is 2. The van der Waals surface area contributed by atoms with Crippen LogP contribution in [0.3, 0.4) is 0 Å². The van der Waals surface area contributed by atoms with Crippen molar-refractivity contribution >= 4 is 10.0 Å². The van der Waals surface area contributed by atoms with E-state index in [-0.39, 0.29) is 17.8 Å². The van der Waals surface area contributed by atoms with Crippen molar-refractivity contribution in [3.05, 3.63) is 30.1 Å². The van der Waals surface area contributed by atoms with Gasteiger partial charge in [-0.1, -0.05) is 19.3 Å². The molecule has 2 N–H and O–H groups in total. The Kier molecular flexibility index (Phi) is 5.72. The van der Waals surface area contributed by atoms with E-state index < -0.39 is 10.0 Å². The number of pyridine rings is 1. The van der Waals surface area contributed by atoms with Crippen molar-refractivity contribution in [1.29, 1.82) is 0 Å². The highest BCUT2D eigenvalue weighted by Gasteiger charge is 2.32. The third-order valence-corrected chi connectivity index (χ3v) is 5.65. The van der Waals surface area contributed by atoms with Crippen molar-refractivity contribution in [2.24, 2.45) is 5.41 Å². The second-order valence-electron chi connectivity index (χ2n) is 5.96. The monoisotopic (exact) mass is 312 g/mol. The van der Waals surface area contributed by atoms with Gasteiger partial charge in [0.1, 0.15) is 0 Å². The quantitative estimate of drug-likeness (QED) is 0.799. The van der Waals surface area contributed by atoms with Crippen LogP contribution < -0.4 is 4.72 Å². The van der Waals surface area contributed by atoms with Gasteiger partial charge in [-0.2, -0.15) is 0 Å². The maximum absolute atomic E-state index is 12.1. The molecule has 0 bridgehead atoms. The Balaban J connectivity index is 1.85. The van der Waals surface area contributed by atoms with E-state index in [2.05, 4.69) is 9.71 Å². The standard InChI is InChI=1S/C15H24N2O3S/c18-13-15(7-2-1-3-8-15)12-17-21(19,20)11-6-14-4-9-16-10-5-14/h4-5,9-10,17-18H,1-3,6-8,11-13H2. The highest BCUT2D eigenvalue weighted by atomic mass is 32.2. The van der Waals surface area contributed by atoms with Crippen LogP contribution in [-0.4, -0.2) is 37.4 Å². The molecule has 0 aromatic carbocycles. The van der Waals surface area contributed by atoms with Crippen LogP contribution in [0.2, 0.25) is 0 Å². The van der Waals surface area contributed by atoms with Gasteiger partial charge in [0.05, 0.1) is 5.75 Å². The van der Waals surface area contributed by atoms with Crippen molar-refractivity contribution in [1.82, 2.24) is 9.71 Å². The van der Waals surface area contributed by atoms with Crippen molar-refractivity contribution in [2.75, 3.05) is 18.9 Å². The Morgan fingerprint density at radius 3 is 2.48 bits per heavy atom. The number of nitrogens with zero attached hydrogens (tertiary/aromatic N) is 1. The summed E-state index contributed by atoms with van der Waals surface area (Å²) in [4.78, 5) is 3.91. The number of nitrogens with one attached hydrogen (secondary N) is 1. The molecule has 1 saturated carbocycles. The molecule has 21 heavy (non-hydrogen) atoms. The average Bonchev–Trinajstić information content (AvgIpc) is 2.53. The first-order valence-electron chi connectivity index (χ1n) is 7.52. The van der Waals surface area contributed by atoms with Crippen LogP contribution in [-0.2, 0) is 16.4 Å². The summed E-state index contributed by atoms with van der Waals surface area (Å²) in [6.45, 7) is 0.405. The third-order valence-electron chi connectivity index (χ3n) is 4.33. The summed E-state index contributed by atoms with van der Waals surface area (Å²) in [6.07, 6.45) is 8.92. The predicted molar refractivity (Wildman–Crippen MR) is 82.3 cm³/mol. The zero-order valence-electron chi connectivity index (χ0n) is 12.3. The molecule has 0 unspecified atom stereocenters. The second-order valence-corrected chi connectivity index (χ2v) is 7.89. The molecule has 1 aromatic rings. The fourth-order valence-corrected chi connectivity index (χ4v) is 4.00. The van der Waals surface area contributed by atoms with E-state index in [4.69, 9.17) is 0 Å². The van der Waals surface area contributed by atoms with E-state index in [1.54, 1.807) is 12.4 Å². The molecular formula is C15H24N2O3S.